The lowest BCUT2D eigenvalue weighted by Gasteiger charge is -2.08. The van der Waals surface area contributed by atoms with Gasteiger partial charge in [0.1, 0.15) is 11.8 Å². The summed E-state index contributed by atoms with van der Waals surface area (Å²) in [6, 6.07) is 7.84. The minimum absolute atomic E-state index is 0.123. The van der Waals surface area contributed by atoms with Crippen molar-refractivity contribution >= 4 is 11.6 Å². The number of rotatable bonds is 3. The molecule has 2 aromatic rings. The van der Waals surface area contributed by atoms with E-state index in [4.69, 9.17) is 10.00 Å². The van der Waals surface area contributed by atoms with Crippen LogP contribution in [0.4, 0.5) is 16.0 Å². The number of hydrogen-bond acceptors (Lipinski definition) is 5. The molecule has 1 N–H and O–H groups in total. The van der Waals surface area contributed by atoms with Gasteiger partial charge in [-0.05, 0) is 25.1 Å². The lowest BCUT2D eigenvalue weighted by molar-refractivity contribution is 0.387. The van der Waals surface area contributed by atoms with Crippen molar-refractivity contribution in [2.24, 2.45) is 0 Å². The van der Waals surface area contributed by atoms with Gasteiger partial charge in [0.15, 0.2) is 11.6 Å². The van der Waals surface area contributed by atoms with Crippen molar-refractivity contribution in [1.29, 1.82) is 5.26 Å². The second kappa shape index (κ2) is 5.31. The minimum Gasteiger partial charge on any atom is -0.494 e. The van der Waals surface area contributed by atoms with Crippen LogP contribution in [0.2, 0.25) is 0 Å². The zero-order valence-electron chi connectivity index (χ0n) is 10.4. The van der Waals surface area contributed by atoms with Crippen LogP contribution in [0.15, 0.2) is 24.3 Å². The third-order valence-corrected chi connectivity index (χ3v) is 2.38. The number of benzene rings is 1. The first-order valence-corrected chi connectivity index (χ1v) is 5.48. The monoisotopic (exact) mass is 258 g/mol. The smallest absolute Gasteiger partial charge is 0.228 e. The van der Waals surface area contributed by atoms with Crippen LogP contribution < -0.4 is 10.1 Å². The molecule has 6 heteroatoms. The molecule has 1 aromatic heterocycles. The van der Waals surface area contributed by atoms with E-state index in [0.29, 0.717) is 11.4 Å². The highest BCUT2D eigenvalue weighted by atomic mass is 19.1. The lowest BCUT2D eigenvalue weighted by atomic mass is 10.3. The first kappa shape index (κ1) is 12.8. The third-order valence-electron chi connectivity index (χ3n) is 2.38. The van der Waals surface area contributed by atoms with Crippen LogP contribution in [0, 0.1) is 24.1 Å². The number of halogens is 1. The second-order valence-electron chi connectivity index (χ2n) is 3.80. The van der Waals surface area contributed by atoms with Crippen LogP contribution in [0.5, 0.6) is 5.75 Å². The minimum atomic E-state index is -0.448. The van der Waals surface area contributed by atoms with Crippen LogP contribution in [-0.2, 0) is 0 Å². The Morgan fingerprint density at radius 1 is 1.32 bits per heavy atom. The van der Waals surface area contributed by atoms with E-state index in [-0.39, 0.29) is 17.4 Å². The van der Waals surface area contributed by atoms with E-state index in [9.17, 15) is 4.39 Å². The van der Waals surface area contributed by atoms with Gasteiger partial charge in [-0.1, -0.05) is 0 Å². The molecule has 96 valence electrons. The van der Waals surface area contributed by atoms with E-state index in [2.05, 4.69) is 15.3 Å². The zero-order valence-corrected chi connectivity index (χ0v) is 10.4. The molecule has 1 aromatic carbocycles. The molecule has 0 aliphatic heterocycles. The number of methoxy groups -OCH3 is 1. The van der Waals surface area contributed by atoms with Gasteiger partial charge in [0.2, 0.25) is 5.95 Å². The summed E-state index contributed by atoms with van der Waals surface area (Å²) >= 11 is 0. The molecule has 0 aliphatic carbocycles. The normalized spacial score (nSPS) is 9.79. The topological polar surface area (TPSA) is 70.8 Å². The van der Waals surface area contributed by atoms with Crippen molar-refractivity contribution in [2.45, 2.75) is 6.92 Å². The van der Waals surface area contributed by atoms with Crippen LogP contribution in [0.1, 0.15) is 11.4 Å². The lowest BCUT2D eigenvalue weighted by Crippen LogP contribution is -2.01. The summed E-state index contributed by atoms with van der Waals surface area (Å²) in [4.78, 5) is 8.15. The molecular weight excluding hydrogens is 247 g/mol. The second-order valence-corrected chi connectivity index (χ2v) is 3.80. The Morgan fingerprint density at radius 3 is 2.79 bits per heavy atom. The van der Waals surface area contributed by atoms with Crippen molar-refractivity contribution in [3.05, 3.63) is 41.5 Å². The highest BCUT2D eigenvalue weighted by molar-refractivity contribution is 5.56. The predicted molar refractivity (Wildman–Crippen MR) is 67.7 cm³/mol. The maximum Gasteiger partial charge on any atom is 0.228 e. The van der Waals surface area contributed by atoms with Crippen molar-refractivity contribution in [3.8, 4) is 11.8 Å². The fourth-order valence-corrected chi connectivity index (χ4v) is 1.55. The maximum absolute atomic E-state index is 13.3. The highest BCUT2D eigenvalue weighted by Crippen LogP contribution is 2.23. The number of nitrogens with one attached hydrogen (secondary N) is 1. The van der Waals surface area contributed by atoms with E-state index in [1.807, 2.05) is 6.07 Å². The fraction of sp³-hybridized carbons (Fsp3) is 0.154. The molecule has 0 unspecified atom stereocenters. The quantitative estimate of drug-likeness (QED) is 0.916. The number of ether oxygens (including phenoxy) is 1. The molecular formula is C13H11FN4O. The van der Waals surface area contributed by atoms with Crippen LogP contribution in [-0.4, -0.2) is 17.1 Å². The van der Waals surface area contributed by atoms with E-state index >= 15 is 0 Å². The maximum atomic E-state index is 13.3. The van der Waals surface area contributed by atoms with E-state index < -0.39 is 5.82 Å². The Labute approximate surface area is 109 Å². The van der Waals surface area contributed by atoms with Crippen LogP contribution in [0.3, 0.4) is 0 Å². The van der Waals surface area contributed by atoms with Gasteiger partial charge in [-0.15, -0.1) is 0 Å². The summed E-state index contributed by atoms with van der Waals surface area (Å²) in [5.41, 5.74) is 1.51. The van der Waals surface area contributed by atoms with Crippen molar-refractivity contribution in [3.63, 3.8) is 0 Å². The van der Waals surface area contributed by atoms with Crippen LogP contribution >= 0.6 is 0 Å². The summed E-state index contributed by atoms with van der Waals surface area (Å²) in [5.74, 6) is -0.0423. The van der Waals surface area contributed by atoms with E-state index in [1.54, 1.807) is 13.0 Å². The highest BCUT2D eigenvalue weighted by Gasteiger charge is 2.06. The molecule has 0 fully saturated rings. The number of anilines is 2. The molecule has 0 saturated carbocycles. The number of aryl methyl sites for hydroxylation is 1. The van der Waals surface area contributed by atoms with Crippen molar-refractivity contribution in [1.82, 2.24) is 9.97 Å². The zero-order chi connectivity index (χ0) is 13.8. The number of aromatic nitrogens is 2. The van der Waals surface area contributed by atoms with Gasteiger partial charge >= 0.3 is 0 Å². The summed E-state index contributed by atoms with van der Waals surface area (Å²) in [7, 11) is 1.39. The molecule has 0 atom stereocenters. The summed E-state index contributed by atoms with van der Waals surface area (Å²) in [5, 5.41) is 11.7. The van der Waals surface area contributed by atoms with Crippen molar-refractivity contribution in [2.75, 3.05) is 12.4 Å². The summed E-state index contributed by atoms with van der Waals surface area (Å²) in [6.45, 7) is 1.76. The summed E-state index contributed by atoms with van der Waals surface area (Å²) < 4.78 is 18.1. The van der Waals surface area contributed by atoms with Gasteiger partial charge < -0.3 is 10.1 Å². The van der Waals surface area contributed by atoms with Crippen LogP contribution in [0.25, 0.3) is 0 Å². The molecule has 0 bridgehead atoms. The van der Waals surface area contributed by atoms with Crippen molar-refractivity contribution < 1.29 is 9.13 Å². The molecule has 0 amide bonds. The van der Waals surface area contributed by atoms with Gasteiger partial charge in [-0.2, -0.15) is 5.26 Å². The molecule has 0 saturated heterocycles. The van der Waals surface area contributed by atoms with E-state index in [1.165, 1.54) is 25.3 Å². The average Bonchev–Trinajstić information content (AvgIpc) is 2.40. The summed E-state index contributed by atoms with van der Waals surface area (Å²) in [6.07, 6.45) is 0. The number of hydrogen-bond donors (Lipinski definition) is 1. The third kappa shape index (κ3) is 2.96. The first-order valence-electron chi connectivity index (χ1n) is 5.48. The fourth-order valence-electron chi connectivity index (χ4n) is 1.55. The Kier molecular flexibility index (Phi) is 3.57. The molecule has 5 nitrogen and oxygen atoms in total. The molecule has 19 heavy (non-hydrogen) atoms. The Balaban J connectivity index is 2.31. The Hall–Kier alpha value is -2.68. The molecule has 0 aliphatic rings. The van der Waals surface area contributed by atoms with Gasteiger partial charge in [0.05, 0.1) is 7.11 Å². The van der Waals surface area contributed by atoms with E-state index in [0.717, 1.165) is 0 Å². The molecule has 0 spiro atoms. The predicted octanol–water partition coefficient (Wildman–Crippen LogP) is 2.55. The van der Waals surface area contributed by atoms with Gasteiger partial charge in [0, 0.05) is 17.4 Å². The largest absolute Gasteiger partial charge is 0.494 e. The first-order chi connectivity index (χ1) is 9.12. The Morgan fingerprint density at radius 2 is 2.11 bits per heavy atom. The molecule has 0 radical (unpaired) electrons. The molecule has 2 rings (SSSR count). The average molecular weight is 258 g/mol. The molecule has 1 heterocycles. The standard InChI is InChI=1S/C13H11FN4O/c1-8-5-10(7-15)18-13(16-8)17-9-3-4-11(14)12(6-9)19-2/h3-6H,1-2H3,(H,16,17,18). The number of nitriles is 1. The SMILES string of the molecule is COc1cc(Nc2nc(C)cc(C#N)n2)ccc1F. The van der Waals surface area contributed by atoms with Gasteiger partial charge in [-0.25, -0.2) is 14.4 Å². The number of nitrogens with zero attached hydrogens (tertiary/aromatic N) is 3. The van der Waals surface area contributed by atoms with Gasteiger partial charge in [0.25, 0.3) is 0 Å². The Bertz CT molecular complexity index is 652. The van der Waals surface area contributed by atoms with Gasteiger partial charge in [-0.3, -0.25) is 0 Å².